The predicted molar refractivity (Wildman–Crippen MR) is 67.5 cm³/mol. The molecule has 1 aromatic carbocycles. The average Bonchev–Trinajstić information content (AvgIpc) is 2.64. The zero-order valence-electron chi connectivity index (χ0n) is 8.87. The van der Waals surface area contributed by atoms with E-state index < -0.39 is 0 Å². The summed E-state index contributed by atoms with van der Waals surface area (Å²) in [5.74, 6) is 0. The minimum atomic E-state index is 1.08. The molecule has 2 N–H and O–H groups in total. The molecule has 2 rings (SSSR count). The lowest BCUT2D eigenvalue weighted by molar-refractivity contribution is 1.41. The number of hydrazine groups is 1. The summed E-state index contributed by atoms with van der Waals surface area (Å²) in [5, 5.41) is 1.13. The molecule has 78 valence electrons. The quantitative estimate of drug-likeness (QED) is 0.766. The summed E-state index contributed by atoms with van der Waals surface area (Å²) in [6.07, 6.45) is 0. The molecular formula is C12H14N2S. The van der Waals surface area contributed by atoms with Gasteiger partial charge in [0.1, 0.15) is 5.00 Å². The highest BCUT2D eigenvalue weighted by atomic mass is 32.1. The molecule has 0 aliphatic heterocycles. The molecule has 0 aliphatic rings. The number of benzene rings is 1. The lowest BCUT2D eigenvalue weighted by Gasteiger charge is -2.07. The molecule has 2 nitrogen and oxygen atoms in total. The third kappa shape index (κ3) is 2.73. The maximum atomic E-state index is 3.17. The minimum Gasteiger partial charge on any atom is -0.300 e. The molecule has 0 bridgehead atoms. The van der Waals surface area contributed by atoms with E-state index in [-0.39, 0.29) is 0 Å². The Labute approximate surface area is 93.9 Å². The largest absolute Gasteiger partial charge is 0.300 e. The predicted octanol–water partition coefficient (Wildman–Crippen LogP) is 3.80. The Hall–Kier alpha value is -1.48. The van der Waals surface area contributed by atoms with Crippen LogP contribution in [0, 0.1) is 13.8 Å². The first-order chi connectivity index (χ1) is 7.24. The van der Waals surface area contributed by atoms with Crippen molar-refractivity contribution in [2.24, 2.45) is 0 Å². The first-order valence-electron chi connectivity index (χ1n) is 4.89. The number of hydrogen-bond donors (Lipinski definition) is 2. The van der Waals surface area contributed by atoms with Crippen molar-refractivity contribution in [3.63, 3.8) is 0 Å². The van der Waals surface area contributed by atoms with E-state index >= 15 is 0 Å². The SMILES string of the molecule is Cc1ccc(NNc2ccc(C)s2)cc1. The lowest BCUT2D eigenvalue weighted by Crippen LogP contribution is -2.06. The Morgan fingerprint density at radius 3 is 2.20 bits per heavy atom. The van der Waals surface area contributed by atoms with Gasteiger partial charge in [0.05, 0.1) is 5.69 Å². The molecule has 0 unspecified atom stereocenters. The monoisotopic (exact) mass is 218 g/mol. The third-order valence-electron chi connectivity index (χ3n) is 2.12. The van der Waals surface area contributed by atoms with Gasteiger partial charge in [0, 0.05) is 4.88 Å². The van der Waals surface area contributed by atoms with Crippen molar-refractivity contribution in [2.75, 3.05) is 10.9 Å². The molecule has 15 heavy (non-hydrogen) atoms. The van der Waals surface area contributed by atoms with Crippen LogP contribution >= 0.6 is 11.3 Å². The Morgan fingerprint density at radius 1 is 0.867 bits per heavy atom. The van der Waals surface area contributed by atoms with E-state index in [4.69, 9.17) is 0 Å². The summed E-state index contributed by atoms with van der Waals surface area (Å²) in [6.45, 7) is 4.18. The molecule has 1 aromatic heterocycles. The Bertz CT molecular complexity index is 431. The van der Waals surface area contributed by atoms with Crippen LogP contribution in [0.1, 0.15) is 10.4 Å². The highest BCUT2D eigenvalue weighted by Gasteiger charge is 1.95. The normalized spacial score (nSPS) is 10.0. The van der Waals surface area contributed by atoms with Gasteiger partial charge in [0.25, 0.3) is 0 Å². The maximum Gasteiger partial charge on any atom is 0.107 e. The molecule has 1 heterocycles. The summed E-state index contributed by atoms with van der Waals surface area (Å²) >= 11 is 1.74. The molecule has 0 atom stereocenters. The number of rotatable bonds is 3. The summed E-state index contributed by atoms with van der Waals surface area (Å²) in [4.78, 5) is 1.31. The van der Waals surface area contributed by atoms with E-state index in [0.717, 1.165) is 10.7 Å². The molecule has 0 aliphatic carbocycles. The molecule has 0 fully saturated rings. The van der Waals surface area contributed by atoms with Crippen LogP contribution < -0.4 is 10.9 Å². The summed E-state index contributed by atoms with van der Waals surface area (Å²) in [5.41, 5.74) is 8.68. The van der Waals surface area contributed by atoms with Crippen molar-refractivity contribution in [2.45, 2.75) is 13.8 Å². The van der Waals surface area contributed by atoms with E-state index in [1.54, 1.807) is 11.3 Å². The van der Waals surface area contributed by atoms with Gasteiger partial charge in [-0.05, 0) is 38.1 Å². The maximum absolute atomic E-state index is 3.17. The number of thiophene rings is 1. The average molecular weight is 218 g/mol. The van der Waals surface area contributed by atoms with Crippen LogP contribution in [0.5, 0.6) is 0 Å². The van der Waals surface area contributed by atoms with Crippen LogP contribution in [0.2, 0.25) is 0 Å². The van der Waals surface area contributed by atoms with Crippen LogP contribution in [0.4, 0.5) is 10.7 Å². The molecule has 3 heteroatoms. The van der Waals surface area contributed by atoms with Crippen LogP contribution in [0.3, 0.4) is 0 Å². The third-order valence-corrected chi connectivity index (χ3v) is 3.04. The fourth-order valence-corrected chi connectivity index (χ4v) is 1.99. The van der Waals surface area contributed by atoms with Gasteiger partial charge in [0.2, 0.25) is 0 Å². The second-order valence-corrected chi connectivity index (χ2v) is 4.81. The summed E-state index contributed by atoms with van der Waals surface area (Å²) in [6, 6.07) is 12.5. The lowest BCUT2D eigenvalue weighted by atomic mass is 10.2. The van der Waals surface area contributed by atoms with Gasteiger partial charge in [-0.15, -0.1) is 11.3 Å². The topological polar surface area (TPSA) is 24.1 Å². The number of anilines is 2. The molecule has 0 spiro atoms. The first-order valence-corrected chi connectivity index (χ1v) is 5.71. The summed E-state index contributed by atoms with van der Waals surface area (Å²) in [7, 11) is 0. The highest BCUT2D eigenvalue weighted by Crippen LogP contribution is 2.20. The first kappa shape index (κ1) is 10.1. The van der Waals surface area contributed by atoms with Crippen molar-refractivity contribution in [3.8, 4) is 0 Å². The number of hydrogen-bond acceptors (Lipinski definition) is 3. The van der Waals surface area contributed by atoms with E-state index in [1.165, 1.54) is 10.4 Å². The fourth-order valence-electron chi connectivity index (χ4n) is 1.27. The number of aryl methyl sites for hydroxylation is 2. The molecule has 0 saturated carbocycles. The van der Waals surface area contributed by atoms with E-state index in [9.17, 15) is 0 Å². The van der Waals surface area contributed by atoms with Crippen molar-refractivity contribution in [3.05, 3.63) is 46.8 Å². The van der Waals surface area contributed by atoms with Gasteiger partial charge in [-0.25, -0.2) is 0 Å². The number of nitrogens with one attached hydrogen (secondary N) is 2. The smallest absolute Gasteiger partial charge is 0.107 e. The van der Waals surface area contributed by atoms with Crippen molar-refractivity contribution >= 4 is 22.0 Å². The van der Waals surface area contributed by atoms with Gasteiger partial charge in [-0.2, -0.15) is 0 Å². The van der Waals surface area contributed by atoms with Gasteiger partial charge in [-0.3, -0.25) is 5.43 Å². The summed E-state index contributed by atoms with van der Waals surface area (Å²) < 4.78 is 0. The second-order valence-electron chi connectivity index (χ2n) is 3.53. The Morgan fingerprint density at radius 2 is 1.60 bits per heavy atom. The van der Waals surface area contributed by atoms with Gasteiger partial charge in [-0.1, -0.05) is 17.7 Å². The molecule has 2 aromatic rings. The Balaban J connectivity index is 1.96. The molecule has 0 amide bonds. The van der Waals surface area contributed by atoms with Gasteiger partial charge in [0.15, 0.2) is 0 Å². The molecular weight excluding hydrogens is 204 g/mol. The standard InChI is InChI=1S/C12H14N2S/c1-9-3-6-11(7-4-9)13-14-12-8-5-10(2)15-12/h3-8,13-14H,1-2H3. The van der Waals surface area contributed by atoms with Crippen molar-refractivity contribution < 1.29 is 0 Å². The van der Waals surface area contributed by atoms with Crippen LogP contribution in [0.25, 0.3) is 0 Å². The van der Waals surface area contributed by atoms with Crippen molar-refractivity contribution in [1.82, 2.24) is 0 Å². The zero-order valence-corrected chi connectivity index (χ0v) is 9.69. The Kier molecular flexibility index (Phi) is 2.92. The fraction of sp³-hybridized carbons (Fsp3) is 0.167. The van der Waals surface area contributed by atoms with E-state index in [0.29, 0.717) is 0 Å². The molecule has 0 radical (unpaired) electrons. The van der Waals surface area contributed by atoms with E-state index in [2.05, 4.69) is 61.1 Å². The van der Waals surface area contributed by atoms with E-state index in [1.807, 2.05) is 0 Å². The van der Waals surface area contributed by atoms with Crippen LogP contribution in [-0.4, -0.2) is 0 Å². The van der Waals surface area contributed by atoms with Crippen LogP contribution in [0.15, 0.2) is 36.4 Å². The van der Waals surface area contributed by atoms with Gasteiger partial charge < -0.3 is 5.43 Å². The molecule has 0 saturated heterocycles. The van der Waals surface area contributed by atoms with Gasteiger partial charge >= 0.3 is 0 Å². The van der Waals surface area contributed by atoms with Crippen LogP contribution in [-0.2, 0) is 0 Å². The minimum absolute atomic E-state index is 1.08. The highest BCUT2D eigenvalue weighted by molar-refractivity contribution is 7.16. The zero-order chi connectivity index (χ0) is 10.7. The van der Waals surface area contributed by atoms with Crippen molar-refractivity contribution in [1.29, 1.82) is 0 Å². The second kappa shape index (κ2) is 4.36.